The molecule has 0 spiro atoms. The molecule has 1 amide bonds. The molecule has 0 N–H and O–H groups in total. The van der Waals surface area contributed by atoms with Gasteiger partial charge in [0.1, 0.15) is 5.38 Å². The molecular weight excluding hydrogens is 298 g/mol. The Morgan fingerprint density at radius 1 is 1.73 bits per heavy atom. The summed E-state index contributed by atoms with van der Waals surface area (Å²) in [5, 5.41) is -0.423. The van der Waals surface area contributed by atoms with Gasteiger partial charge < -0.3 is 4.90 Å². The highest BCUT2D eigenvalue weighted by Crippen LogP contribution is 2.31. The third-order valence-electron chi connectivity index (χ3n) is 2.49. The van der Waals surface area contributed by atoms with Gasteiger partial charge in [0, 0.05) is 18.0 Å². The highest BCUT2D eigenvalue weighted by atomic mass is 79.9. The molecular formula is C10H11BrClNOS. The Morgan fingerprint density at radius 3 is 3.13 bits per heavy atom. The number of fused-ring (bicyclic) bond motifs is 1. The molecule has 82 valence electrons. The van der Waals surface area contributed by atoms with Crippen LogP contribution in [0.2, 0.25) is 0 Å². The largest absolute Gasteiger partial charge is 0.337 e. The van der Waals surface area contributed by atoms with E-state index >= 15 is 0 Å². The number of carbonyl (C=O) groups is 1. The van der Waals surface area contributed by atoms with Gasteiger partial charge in [0.2, 0.25) is 5.91 Å². The van der Waals surface area contributed by atoms with Crippen molar-refractivity contribution in [2.45, 2.75) is 25.3 Å². The SMILES string of the molecule is C[C@@H](Cl)C(=O)N1CCc2sc(Br)cc2C1. The first-order valence-corrected chi connectivity index (χ1v) is 6.82. The van der Waals surface area contributed by atoms with Gasteiger partial charge in [0.15, 0.2) is 0 Å². The molecule has 2 heterocycles. The lowest BCUT2D eigenvalue weighted by Gasteiger charge is -2.27. The van der Waals surface area contributed by atoms with Gasteiger partial charge in [-0.3, -0.25) is 4.79 Å². The average Bonchev–Trinajstić information content (AvgIpc) is 2.55. The Kier molecular flexibility index (Phi) is 3.38. The number of carbonyl (C=O) groups excluding carboxylic acids is 1. The highest BCUT2D eigenvalue weighted by Gasteiger charge is 2.24. The van der Waals surface area contributed by atoms with Crippen LogP contribution in [-0.4, -0.2) is 22.7 Å². The minimum atomic E-state index is -0.423. The van der Waals surface area contributed by atoms with Gasteiger partial charge >= 0.3 is 0 Å². The standard InChI is InChI=1S/C10H11BrClNOS/c1-6(12)10(14)13-3-2-8-7(5-13)4-9(11)15-8/h4,6H,2-3,5H2,1H3/t6-/m1/s1. The van der Waals surface area contributed by atoms with Gasteiger partial charge in [-0.05, 0) is 40.9 Å². The molecule has 2 nitrogen and oxygen atoms in total. The molecule has 1 aromatic heterocycles. The molecule has 0 aromatic carbocycles. The fraction of sp³-hybridized carbons (Fsp3) is 0.500. The van der Waals surface area contributed by atoms with Crippen molar-refractivity contribution in [1.29, 1.82) is 0 Å². The van der Waals surface area contributed by atoms with Crippen molar-refractivity contribution in [3.8, 4) is 0 Å². The summed E-state index contributed by atoms with van der Waals surface area (Å²) in [6, 6.07) is 2.10. The minimum Gasteiger partial charge on any atom is -0.337 e. The lowest BCUT2D eigenvalue weighted by molar-refractivity contribution is -0.131. The van der Waals surface area contributed by atoms with E-state index in [1.807, 2.05) is 4.90 Å². The topological polar surface area (TPSA) is 20.3 Å². The first-order chi connectivity index (χ1) is 7.08. The van der Waals surface area contributed by atoms with Crippen LogP contribution in [0.15, 0.2) is 9.85 Å². The van der Waals surface area contributed by atoms with E-state index in [9.17, 15) is 4.79 Å². The maximum atomic E-state index is 11.7. The number of halogens is 2. The lowest BCUT2D eigenvalue weighted by atomic mass is 10.1. The van der Waals surface area contributed by atoms with Crippen molar-refractivity contribution in [2.75, 3.05) is 6.54 Å². The summed E-state index contributed by atoms with van der Waals surface area (Å²) in [6.07, 6.45) is 0.945. The van der Waals surface area contributed by atoms with E-state index in [4.69, 9.17) is 11.6 Å². The first kappa shape index (κ1) is 11.4. The van der Waals surface area contributed by atoms with E-state index < -0.39 is 5.38 Å². The molecule has 0 radical (unpaired) electrons. The molecule has 1 aliphatic rings. The second-order valence-corrected chi connectivity index (χ2v) is 6.80. The molecule has 1 aliphatic heterocycles. The molecule has 1 atom stereocenters. The highest BCUT2D eigenvalue weighted by molar-refractivity contribution is 9.11. The fourth-order valence-corrected chi connectivity index (χ4v) is 3.62. The predicted molar refractivity (Wildman–Crippen MR) is 66.5 cm³/mol. The second kappa shape index (κ2) is 4.44. The number of amides is 1. The van der Waals surface area contributed by atoms with Crippen LogP contribution in [0, 0.1) is 0 Å². The van der Waals surface area contributed by atoms with Crippen LogP contribution in [0.3, 0.4) is 0 Å². The van der Waals surface area contributed by atoms with Crippen LogP contribution in [0.4, 0.5) is 0 Å². The van der Waals surface area contributed by atoms with Gasteiger partial charge in [-0.15, -0.1) is 22.9 Å². The molecule has 15 heavy (non-hydrogen) atoms. The lowest BCUT2D eigenvalue weighted by Crippen LogP contribution is -2.38. The monoisotopic (exact) mass is 307 g/mol. The van der Waals surface area contributed by atoms with E-state index in [0.29, 0.717) is 6.54 Å². The Balaban J connectivity index is 2.15. The molecule has 0 saturated carbocycles. The zero-order valence-corrected chi connectivity index (χ0v) is 11.5. The second-order valence-electron chi connectivity index (χ2n) is 3.62. The van der Waals surface area contributed by atoms with Crippen LogP contribution >= 0.6 is 38.9 Å². The van der Waals surface area contributed by atoms with Crippen molar-refractivity contribution < 1.29 is 4.79 Å². The van der Waals surface area contributed by atoms with Gasteiger partial charge in [-0.2, -0.15) is 0 Å². The summed E-state index contributed by atoms with van der Waals surface area (Å²) < 4.78 is 1.14. The molecule has 0 bridgehead atoms. The minimum absolute atomic E-state index is 0.0321. The molecule has 2 rings (SSSR count). The fourth-order valence-electron chi connectivity index (χ4n) is 1.74. The maximum Gasteiger partial charge on any atom is 0.240 e. The summed E-state index contributed by atoms with van der Waals surface area (Å²) in [5.41, 5.74) is 1.25. The van der Waals surface area contributed by atoms with Crippen molar-refractivity contribution in [3.63, 3.8) is 0 Å². The van der Waals surface area contributed by atoms with Gasteiger partial charge in [0.25, 0.3) is 0 Å². The van der Waals surface area contributed by atoms with Crippen molar-refractivity contribution in [3.05, 3.63) is 20.3 Å². The summed E-state index contributed by atoms with van der Waals surface area (Å²) in [5.74, 6) is 0.0321. The van der Waals surface area contributed by atoms with Crippen LogP contribution < -0.4 is 0 Å². The van der Waals surface area contributed by atoms with Gasteiger partial charge in [-0.25, -0.2) is 0 Å². The Morgan fingerprint density at radius 2 is 2.47 bits per heavy atom. The van der Waals surface area contributed by atoms with Crippen LogP contribution in [0.25, 0.3) is 0 Å². The number of alkyl halides is 1. The summed E-state index contributed by atoms with van der Waals surface area (Å²) in [6.45, 7) is 3.21. The molecule has 0 aliphatic carbocycles. The van der Waals surface area contributed by atoms with E-state index in [1.54, 1.807) is 18.3 Å². The van der Waals surface area contributed by atoms with E-state index in [1.165, 1.54) is 10.4 Å². The smallest absolute Gasteiger partial charge is 0.240 e. The molecule has 0 fully saturated rings. The van der Waals surface area contributed by atoms with Crippen molar-refractivity contribution >= 4 is 44.8 Å². The maximum absolute atomic E-state index is 11.7. The summed E-state index contributed by atoms with van der Waals surface area (Å²) in [7, 11) is 0. The third kappa shape index (κ3) is 2.37. The number of hydrogen-bond donors (Lipinski definition) is 0. The average molecular weight is 309 g/mol. The Labute approximate surface area is 106 Å². The van der Waals surface area contributed by atoms with Crippen LogP contribution in [0.1, 0.15) is 17.4 Å². The van der Waals surface area contributed by atoms with Crippen LogP contribution in [0.5, 0.6) is 0 Å². The Hall–Kier alpha value is -0.0600. The van der Waals surface area contributed by atoms with Crippen molar-refractivity contribution in [1.82, 2.24) is 4.90 Å². The quantitative estimate of drug-likeness (QED) is 0.730. The molecule has 0 saturated heterocycles. The van der Waals surface area contributed by atoms with E-state index in [2.05, 4.69) is 22.0 Å². The first-order valence-electron chi connectivity index (χ1n) is 4.78. The Bertz CT molecular complexity index is 391. The molecule has 1 aromatic rings. The van der Waals surface area contributed by atoms with Crippen LogP contribution in [-0.2, 0) is 17.8 Å². The third-order valence-corrected chi connectivity index (χ3v) is 4.42. The molecule has 5 heteroatoms. The number of thiophene rings is 1. The van der Waals surface area contributed by atoms with Gasteiger partial charge in [0.05, 0.1) is 3.79 Å². The number of nitrogens with zero attached hydrogens (tertiary/aromatic N) is 1. The van der Waals surface area contributed by atoms with Crippen molar-refractivity contribution in [2.24, 2.45) is 0 Å². The summed E-state index contributed by atoms with van der Waals surface area (Å²) >= 11 is 11.0. The van der Waals surface area contributed by atoms with Gasteiger partial charge in [-0.1, -0.05) is 0 Å². The van der Waals surface area contributed by atoms with E-state index in [-0.39, 0.29) is 5.91 Å². The van der Waals surface area contributed by atoms with E-state index in [0.717, 1.165) is 16.8 Å². The number of hydrogen-bond acceptors (Lipinski definition) is 2. The molecule has 0 unspecified atom stereocenters. The summed E-state index contributed by atoms with van der Waals surface area (Å²) in [4.78, 5) is 14.9. The predicted octanol–water partition coefficient (Wildman–Crippen LogP) is 3.02. The normalized spacial score (nSPS) is 17.4. The number of rotatable bonds is 1. The zero-order chi connectivity index (χ0) is 11.0. The zero-order valence-electron chi connectivity index (χ0n) is 8.30.